The number of nitrogens with zero attached hydrogens (tertiary/aromatic N) is 1. The largest absolute Gasteiger partial charge is 0.480 e. The van der Waals surface area contributed by atoms with Crippen LogP contribution in [0.5, 0.6) is 0 Å². The van der Waals surface area contributed by atoms with Crippen LogP contribution in [0.25, 0.3) is 10.9 Å². The van der Waals surface area contributed by atoms with E-state index in [0.29, 0.717) is 6.42 Å². The number of hydrogen-bond acceptors (Lipinski definition) is 3. The first kappa shape index (κ1) is 15.5. The van der Waals surface area contributed by atoms with E-state index in [-0.39, 0.29) is 31.6 Å². The lowest BCUT2D eigenvalue weighted by Crippen LogP contribution is -2.26. The first-order valence-corrected chi connectivity index (χ1v) is 5.76. The van der Waals surface area contributed by atoms with Crippen LogP contribution in [0.1, 0.15) is 5.56 Å². The molecule has 1 atom stereocenters. The van der Waals surface area contributed by atoms with E-state index in [1.807, 2.05) is 24.3 Å². The Hall–Kier alpha value is -1.56. The number of benzene rings is 1. The zero-order valence-electron chi connectivity index (χ0n) is 10.3. The molecular weight excluding hydrogens is 268 g/mol. The lowest BCUT2D eigenvalue weighted by atomic mass is 10.1. The molecule has 0 saturated heterocycles. The Bertz CT molecular complexity index is 568. The number of fused-ring (bicyclic) bond motifs is 1. The van der Waals surface area contributed by atoms with Gasteiger partial charge in [0.1, 0.15) is 6.54 Å². The third kappa shape index (κ3) is 3.47. The second kappa shape index (κ2) is 6.56. The van der Waals surface area contributed by atoms with Crippen molar-refractivity contribution in [2.24, 2.45) is 5.73 Å². The highest BCUT2D eigenvalue weighted by Gasteiger charge is 2.12. The van der Waals surface area contributed by atoms with Crippen LogP contribution in [0.4, 0.5) is 0 Å². The topological polar surface area (TPSA) is 88.5 Å². The van der Waals surface area contributed by atoms with Crippen LogP contribution in [0, 0.1) is 0 Å². The summed E-state index contributed by atoms with van der Waals surface area (Å²) < 4.78 is 1.69. The second-order valence-corrected chi connectivity index (χ2v) is 4.34. The summed E-state index contributed by atoms with van der Waals surface area (Å²) in [6.45, 7) is -0.159. The molecule has 0 bridgehead atoms. The number of hydrogen-bond donors (Lipinski definition) is 3. The van der Waals surface area contributed by atoms with Crippen molar-refractivity contribution in [1.29, 1.82) is 0 Å². The van der Waals surface area contributed by atoms with Gasteiger partial charge in [-0.1, -0.05) is 18.2 Å². The van der Waals surface area contributed by atoms with Gasteiger partial charge in [-0.15, -0.1) is 12.4 Å². The predicted octanol–water partition coefficient (Wildman–Crippen LogP) is 1.01. The van der Waals surface area contributed by atoms with Crippen LogP contribution in [0.2, 0.25) is 0 Å². The molecule has 2 rings (SSSR count). The lowest BCUT2D eigenvalue weighted by Gasteiger charge is -2.06. The summed E-state index contributed by atoms with van der Waals surface area (Å²) >= 11 is 0. The number of carboxylic acids is 1. The molecule has 0 amide bonds. The molecule has 5 nitrogen and oxygen atoms in total. The smallest absolute Gasteiger partial charge is 0.323 e. The number of nitrogens with two attached hydrogens (primary N) is 1. The van der Waals surface area contributed by atoms with Crippen LogP contribution in [-0.4, -0.2) is 33.4 Å². The minimum absolute atomic E-state index is 0. The molecule has 19 heavy (non-hydrogen) atoms. The maximum atomic E-state index is 10.8. The number of para-hydroxylation sites is 1. The molecule has 6 heteroatoms. The van der Waals surface area contributed by atoms with E-state index in [0.717, 1.165) is 16.5 Å². The summed E-state index contributed by atoms with van der Waals surface area (Å²) in [6.07, 6.45) is 2.33. The Morgan fingerprint density at radius 2 is 2.05 bits per heavy atom. The number of carboxylic acid groups (broad SMARTS) is 1. The highest BCUT2D eigenvalue weighted by Crippen LogP contribution is 2.22. The van der Waals surface area contributed by atoms with Crippen molar-refractivity contribution in [3.63, 3.8) is 0 Å². The fraction of sp³-hybridized carbons (Fsp3) is 0.308. The zero-order chi connectivity index (χ0) is 13.1. The maximum absolute atomic E-state index is 10.8. The molecule has 0 aliphatic heterocycles. The Balaban J connectivity index is 0.00000180. The van der Waals surface area contributed by atoms with Crippen molar-refractivity contribution in [2.45, 2.75) is 19.0 Å². The SMILES string of the molecule is Cl.NC(CO)Cc1cn(CC(=O)O)c2ccccc12. The van der Waals surface area contributed by atoms with E-state index in [2.05, 4.69) is 0 Å². The van der Waals surface area contributed by atoms with E-state index < -0.39 is 5.97 Å². The van der Waals surface area contributed by atoms with Gasteiger partial charge in [0, 0.05) is 23.1 Å². The minimum Gasteiger partial charge on any atom is -0.480 e. The van der Waals surface area contributed by atoms with Crippen LogP contribution in [0.3, 0.4) is 0 Å². The molecule has 0 radical (unpaired) electrons. The van der Waals surface area contributed by atoms with Gasteiger partial charge in [0.2, 0.25) is 0 Å². The van der Waals surface area contributed by atoms with E-state index in [4.69, 9.17) is 15.9 Å². The first-order valence-electron chi connectivity index (χ1n) is 5.76. The van der Waals surface area contributed by atoms with E-state index >= 15 is 0 Å². The molecule has 104 valence electrons. The van der Waals surface area contributed by atoms with Crippen molar-refractivity contribution in [3.05, 3.63) is 36.0 Å². The number of halogens is 1. The molecule has 0 saturated carbocycles. The van der Waals surface area contributed by atoms with Crippen molar-refractivity contribution < 1.29 is 15.0 Å². The minimum atomic E-state index is -0.881. The summed E-state index contributed by atoms with van der Waals surface area (Å²) in [5.41, 5.74) is 7.57. The Labute approximate surface area is 117 Å². The predicted molar refractivity (Wildman–Crippen MR) is 75.6 cm³/mol. The first-order chi connectivity index (χ1) is 8.61. The van der Waals surface area contributed by atoms with Crippen LogP contribution in [0.15, 0.2) is 30.5 Å². The van der Waals surface area contributed by atoms with Gasteiger partial charge >= 0.3 is 5.97 Å². The van der Waals surface area contributed by atoms with Crippen molar-refractivity contribution in [3.8, 4) is 0 Å². The van der Waals surface area contributed by atoms with Gasteiger partial charge in [0.25, 0.3) is 0 Å². The summed E-state index contributed by atoms with van der Waals surface area (Å²) in [6, 6.07) is 7.27. The highest BCUT2D eigenvalue weighted by molar-refractivity contribution is 5.85. The third-order valence-electron chi connectivity index (χ3n) is 2.89. The number of rotatable bonds is 5. The normalized spacial score (nSPS) is 12.1. The summed E-state index contributed by atoms with van der Waals surface area (Å²) in [7, 11) is 0. The van der Waals surface area contributed by atoms with Crippen LogP contribution < -0.4 is 5.73 Å². The molecule has 0 aliphatic carbocycles. The molecular formula is C13H17ClN2O3. The van der Waals surface area contributed by atoms with Gasteiger partial charge < -0.3 is 20.5 Å². The van der Waals surface area contributed by atoms with Crippen molar-refractivity contribution in [2.75, 3.05) is 6.61 Å². The highest BCUT2D eigenvalue weighted by atomic mass is 35.5. The summed E-state index contributed by atoms with van der Waals surface area (Å²) in [5.74, 6) is -0.881. The van der Waals surface area contributed by atoms with E-state index in [1.165, 1.54) is 0 Å². The Morgan fingerprint density at radius 1 is 1.37 bits per heavy atom. The summed E-state index contributed by atoms with van der Waals surface area (Å²) in [5, 5.41) is 18.9. The molecule has 4 N–H and O–H groups in total. The zero-order valence-corrected chi connectivity index (χ0v) is 11.1. The molecule has 1 aromatic carbocycles. The number of aliphatic hydroxyl groups excluding tert-OH is 1. The quantitative estimate of drug-likeness (QED) is 0.764. The van der Waals surface area contributed by atoms with Gasteiger partial charge in [-0.2, -0.15) is 0 Å². The molecule has 1 aromatic heterocycles. The number of carbonyl (C=O) groups is 1. The average Bonchev–Trinajstić information content (AvgIpc) is 2.67. The fourth-order valence-electron chi connectivity index (χ4n) is 2.11. The van der Waals surface area contributed by atoms with Crippen molar-refractivity contribution >= 4 is 29.3 Å². The standard InChI is InChI=1S/C13H16N2O3.ClH/c14-10(8-16)5-9-6-15(7-13(17)18)12-4-2-1-3-11(9)12;/h1-4,6,10,16H,5,7-8,14H2,(H,17,18);1H. The number of aliphatic carboxylic acids is 1. The molecule has 2 aromatic rings. The number of aliphatic hydroxyl groups is 1. The third-order valence-corrected chi connectivity index (χ3v) is 2.89. The van der Waals surface area contributed by atoms with Gasteiger partial charge in [-0.05, 0) is 18.1 Å². The summed E-state index contributed by atoms with van der Waals surface area (Å²) in [4.78, 5) is 10.8. The molecule has 1 unspecified atom stereocenters. The fourth-order valence-corrected chi connectivity index (χ4v) is 2.11. The van der Waals surface area contributed by atoms with E-state index in [1.54, 1.807) is 10.8 Å². The lowest BCUT2D eigenvalue weighted by molar-refractivity contribution is -0.137. The molecule has 0 fully saturated rings. The molecule has 0 spiro atoms. The van der Waals surface area contributed by atoms with Gasteiger partial charge in [0.15, 0.2) is 0 Å². The van der Waals surface area contributed by atoms with Gasteiger partial charge in [-0.3, -0.25) is 4.79 Å². The van der Waals surface area contributed by atoms with Crippen molar-refractivity contribution in [1.82, 2.24) is 4.57 Å². The van der Waals surface area contributed by atoms with Gasteiger partial charge in [0.05, 0.1) is 6.61 Å². The maximum Gasteiger partial charge on any atom is 0.323 e. The second-order valence-electron chi connectivity index (χ2n) is 4.34. The molecule has 0 aliphatic rings. The average molecular weight is 285 g/mol. The molecule has 1 heterocycles. The Kier molecular flexibility index (Phi) is 5.35. The van der Waals surface area contributed by atoms with Crippen LogP contribution in [-0.2, 0) is 17.8 Å². The number of aromatic nitrogens is 1. The van der Waals surface area contributed by atoms with Crippen LogP contribution >= 0.6 is 12.4 Å². The monoisotopic (exact) mass is 284 g/mol. The van der Waals surface area contributed by atoms with E-state index in [9.17, 15) is 4.79 Å². The Morgan fingerprint density at radius 3 is 2.68 bits per heavy atom. The van der Waals surface area contributed by atoms with Gasteiger partial charge in [-0.25, -0.2) is 0 Å².